The monoisotopic (exact) mass is 329 g/mol. The largest absolute Gasteiger partial charge is 0.388 e. The van der Waals surface area contributed by atoms with Crippen molar-refractivity contribution in [2.75, 3.05) is 12.4 Å². The number of nitrogens with one attached hydrogen (secondary N) is 1. The molecular formula is C15H12BrN3O. The molecule has 0 aliphatic heterocycles. The lowest BCUT2D eigenvalue weighted by Crippen LogP contribution is -1.87. The maximum atomic E-state index is 5.32. The Morgan fingerprint density at radius 1 is 1.05 bits per heavy atom. The molecule has 1 N–H and O–H groups in total. The van der Waals surface area contributed by atoms with Gasteiger partial charge in [0.2, 0.25) is 5.82 Å². The molecule has 0 unspecified atom stereocenters. The Morgan fingerprint density at radius 2 is 1.85 bits per heavy atom. The molecule has 5 heteroatoms. The lowest BCUT2D eigenvalue weighted by molar-refractivity contribution is 0.432. The summed E-state index contributed by atoms with van der Waals surface area (Å²) in [5.41, 5.74) is 2.86. The minimum absolute atomic E-state index is 0.516. The van der Waals surface area contributed by atoms with Gasteiger partial charge in [-0.05, 0) is 36.4 Å². The molecule has 100 valence electrons. The Labute approximate surface area is 125 Å². The van der Waals surface area contributed by atoms with Gasteiger partial charge in [0.15, 0.2) is 0 Å². The second kappa shape index (κ2) is 5.46. The molecule has 20 heavy (non-hydrogen) atoms. The fourth-order valence-corrected chi connectivity index (χ4v) is 2.26. The summed E-state index contributed by atoms with van der Waals surface area (Å²) >= 11 is 3.43. The van der Waals surface area contributed by atoms with Crippen molar-refractivity contribution in [1.82, 2.24) is 10.1 Å². The summed E-state index contributed by atoms with van der Waals surface area (Å²) in [6.45, 7) is 0. The fraction of sp³-hybridized carbons (Fsp3) is 0.0667. The molecule has 1 aromatic heterocycles. The highest BCUT2D eigenvalue weighted by Gasteiger charge is 2.10. The first-order chi connectivity index (χ1) is 9.76. The van der Waals surface area contributed by atoms with Crippen LogP contribution in [0.3, 0.4) is 0 Å². The van der Waals surface area contributed by atoms with E-state index >= 15 is 0 Å². The zero-order valence-corrected chi connectivity index (χ0v) is 12.4. The van der Waals surface area contributed by atoms with E-state index in [1.54, 1.807) is 0 Å². The van der Waals surface area contributed by atoms with Crippen LogP contribution in [0.1, 0.15) is 0 Å². The van der Waals surface area contributed by atoms with Crippen LogP contribution in [0.4, 0.5) is 5.69 Å². The zero-order valence-electron chi connectivity index (χ0n) is 10.8. The number of hydrogen-bond acceptors (Lipinski definition) is 4. The molecule has 0 atom stereocenters. The van der Waals surface area contributed by atoms with E-state index in [2.05, 4.69) is 31.4 Å². The third-order valence-corrected chi connectivity index (χ3v) is 3.42. The summed E-state index contributed by atoms with van der Waals surface area (Å²) < 4.78 is 6.31. The van der Waals surface area contributed by atoms with Crippen LogP contribution >= 0.6 is 15.9 Å². The highest BCUT2D eigenvalue weighted by molar-refractivity contribution is 9.10. The number of hydrogen-bond donors (Lipinski definition) is 1. The van der Waals surface area contributed by atoms with E-state index in [1.165, 1.54) is 0 Å². The molecule has 1 heterocycles. The Kier molecular flexibility index (Phi) is 3.52. The van der Waals surface area contributed by atoms with Crippen LogP contribution in [-0.4, -0.2) is 17.2 Å². The Morgan fingerprint density at radius 3 is 2.55 bits per heavy atom. The summed E-state index contributed by atoms with van der Waals surface area (Å²) in [5, 5.41) is 7.10. The minimum Gasteiger partial charge on any atom is -0.388 e. The molecule has 0 bridgehead atoms. The molecule has 0 spiro atoms. The van der Waals surface area contributed by atoms with Crippen LogP contribution in [-0.2, 0) is 0 Å². The first-order valence-electron chi connectivity index (χ1n) is 6.14. The quantitative estimate of drug-likeness (QED) is 0.782. The van der Waals surface area contributed by atoms with Crippen molar-refractivity contribution >= 4 is 21.6 Å². The zero-order chi connectivity index (χ0) is 13.9. The lowest BCUT2D eigenvalue weighted by atomic mass is 10.2. The summed E-state index contributed by atoms with van der Waals surface area (Å²) in [6.07, 6.45) is 0. The van der Waals surface area contributed by atoms with Gasteiger partial charge in [-0.15, -0.1) is 0 Å². The van der Waals surface area contributed by atoms with Gasteiger partial charge in [0, 0.05) is 28.3 Å². The Hall–Kier alpha value is -2.14. The van der Waals surface area contributed by atoms with Crippen LogP contribution in [0, 0.1) is 0 Å². The number of rotatable bonds is 3. The Balaban J connectivity index is 1.93. The van der Waals surface area contributed by atoms with Gasteiger partial charge >= 0.3 is 0 Å². The third-order valence-electron chi connectivity index (χ3n) is 2.93. The third kappa shape index (κ3) is 2.58. The summed E-state index contributed by atoms with van der Waals surface area (Å²) in [5.74, 6) is 1.10. The van der Waals surface area contributed by atoms with Crippen LogP contribution in [0.25, 0.3) is 22.8 Å². The van der Waals surface area contributed by atoms with Crippen LogP contribution in [0.15, 0.2) is 57.5 Å². The van der Waals surface area contributed by atoms with Gasteiger partial charge in [-0.2, -0.15) is 4.98 Å². The van der Waals surface area contributed by atoms with Crippen molar-refractivity contribution in [2.24, 2.45) is 0 Å². The van der Waals surface area contributed by atoms with Crippen LogP contribution < -0.4 is 5.32 Å². The SMILES string of the molecule is CNc1ccc(-c2nc(-c3cccc(Br)c3)no2)cc1. The van der Waals surface area contributed by atoms with Crippen molar-refractivity contribution in [3.8, 4) is 22.8 Å². The average Bonchev–Trinajstić information content (AvgIpc) is 2.97. The second-order valence-corrected chi connectivity index (χ2v) is 5.18. The molecule has 4 nitrogen and oxygen atoms in total. The topological polar surface area (TPSA) is 51.0 Å². The molecule has 0 radical (unpaired) electrons. The maximum absolute atomic E-state index is 5.32. The molecule has 0 saturated carbocycles. The standard InChI is InChI=1S/C15H12BrN3O/c1-17-13-7-5-10(6-8-13)15-18-14(19-20-15)11-3-2-4-12(16)9-11/h2-9,17H,1H3. The normalized spacial score (nSPS) is 10.5. The van der Waals surface area contributed by atoms with E-state index in [-0.39, 0.29) is 0 Å². The van der Waals surface area contributed by atoms with Gasteiger partial charge in [0.05, 0.1) is 0 Å². The van der Waals surface area contributed by atoms with E-state index < -0.39 is 0 Å². The van der Waals surface area contributed by atoms with Gasteiger partial charge in [-0.3, -0.25) is 0 Å². The van der Waals surface area contributed by atoms with Gasteiger partial charge in [0.1, 0.15) is 0 Å². The molecule has 0 aliphatic rings. The molecule has 0 fully saturated rings. The van der Waals surface area contributed by atoms with E-state index in [0.717, 1.165) is 21.3 Å². The number of halogens is 1. The highest BCUT2D eigenvalue weighted by atomic mass is 79.9. The van der Waals surface area contributed by atoms with Crippen molar-refractivity contribution in [1.29, 1.82) is 0 Å². The highest BCUT2D eigenvalue weighted by Crippen LogP contribution is 2.24. The number of anilines is 1. The van der Waals surface area contributed by atoms with Crippen LogP contribution in [0.2, 0.25) is 0 Å². The molecule has 0 aliphatic carbocycles. The first-order valence-corrected chi connectivity index (χ1v) is 6.93. The van der Waals surface area contributed by atoms with Gasteiger partial charge in [-0.1, -0.05) is 33.2 Å². The van der Waals surface area contributed by atoms with E-state index in [4.69, 9.17) is 4.52 Å². The number of aromatic nitrogens is 2. The Bertz CT molecular complexity index is 722. The fourth-order valence-electron chi connectivity index (χ4n) is 1.87. The van der Waals surface area contributed by atoms with E-state index in [1.807, 2.05) is 55.6 Å². The molecule has 0 amide bonds. The van der Waals surface area contributed by atoms with Crippen molar-refractivity contribution in [3.05, 3.63) is 53.0 Å². The van der Waals surface area contributed by atoms with E-state index in [9.17, 15) is 0 Å². The van der Waals surface area contributed by atoms with Gasteiger partial charge < -0.3 is 9.84 Å². The maximum Gasteiger partial charge on any atom is 0.258 e. The molecule has 3 rings (SSSR count). The molecule has 0 saturated heterocycles. The lowest BCUT2D eigenvalue weighted by Gasteiger charge is -1.99. The molecular weight excluding hydrogens is 318 g/mol. The minimum atomic E-state index is 0.516. The molecule has 3 aromatic rings. The molecule has 2 aromatic carbocycles. The van der Waals surface area contributed by atoms with Crippen molar-refractivity contribution in [3.63, 3.8) is 0 Å². The summed E-state index contributed by atoms with van der Waals surface area (Å²) in [4.78, 5) is 4.43. The predicted molar refractivity (Wildman–Crippen MR) is 82.4 cm³/mol. The van der Waals surface area contributed by atoms with Crippen molar-refractivity contribution < 1.29 is 4.52 Å². The predicted octanol–water partition coefficient (Wildman–Crippen LogP) is 4.21. The summed E-state index contributed by atoms with van der Waals surface area (Å²) in [7, 11) is 1.88. The smallest absolute Gasteiger partial charge is 0.258 e. The van der Waals surface area contributed by atoms with Crippen LogP contribution in [0.5, 0.6) is 0 Å². The summed E-state index contributed by atoms with van der Waals surface area (Å²) in [6, 6.07) is 15.6. The number of nitrogens with zero attached hydrogens (tertiary/aromatic N) is 2. The second-order valence-electron chi connectivity index (χ2n) is 4.26. The number of benzene rings is 2. The van der Waals surface area contributed by atoms with Crippen molar-refractivity contribution in [2.45, 2.75) is 0 Å². The van der Waals surface area contributed by atoms with E-state index in [0.29, 0.717) is 11.7 Å². The van der Waals surface area contributed by atoms with Gasteiger partial charge in [-0.25, -0.2) is 0 Å². The first kappa shape index (κ1) is 12.9. The average molecular weight is 330 g/mol. The van der Waals surface area contributed by atoms with Gasteiger partial charge in [0.25, 0.3) is 5.89 Å².